The monoisotopic (exact) mass is 379 g/mol. The maximum atomic E-state index is 12.6. The number of hydrogen-bond donors (Lipinski definition) is 1. The molecule has 1 saturated carbocycles. The quantitative estimate of drug-likeness (QED) is 0.619. The Morgan fingerprint density at radius 1 is 0.929 bits per heavy atom. The van der Waals surface area contributed by atoms with Gasteiger partial charge in [-0.3, -0.25) is 4.79 Å². The Labute approximate surface area is 169 Å². The predicted octanol–water partition coefficient (Wildman–Crippen LogP) is 5.05. The average molecular weight is 380 g/mol. The summed E-state index contributed by atoms with van der Waals surface area (Å²) in [6.07, 6.45) is 5.14. The second kappa shape index (κ2) is 10.5. The van der Waals surface area contributed by atoms with Crippen molar-refractivity contribution >= 4 is 5.78 Å². The molecule has 3 rings (SSSR count). The first-order valence-corrected chi connectivity index (χ1v) is 10.6. The number of ether oxygens (including phenoxy) is 1. The normalized spacial score (nSPS) is 21.8. The Morgan fingerprint density at radius 3 is 2.18 bits per heavy atom. The topological polar surface area (TPSA) is 38.3 Å². The second-order valence-electron chi connectivity index (χ2n) is 8.20. The molecule has 0 aromatic heterocycles. The van der Waals surface area contributed by atoms with Crippen LogP contribution in [0.25, 0.3) is 0 Å². The maximum absolute atomic E-state index is 12.6. The summed E-state index contributed by atoms with van der Waals surface area (Å²) in [5.41, 5.74) is 2.20. The molecule has 0 aliphatic heterocycles. The summed E-state index contributed by atoms with van der Waals surface area (Å²) in [5, 5.41) is 3.64. The predicted molar refractivity (Wildman–Crippen MR) is 115 cm³/mol. The summed E-state index contributed by atoms with van der Waals surface area (Å²) in [5.74, 6) is 0.451. The van der Waals surface area contributed by atoms with Crippen LogP contribution >= 0.6 is 0 Å². The molecule has 0 saturated heterocycles. The van der Waals surface area contributed by atoms with Crippen LogP contribution in [0.3, 0.4) is 0 Å². The lowest BCUT2D eigenvalue weighted by Crippen LogP contribution is -2.40. The van der Waals surface area contributed by atoms with E-state index in [1.165, 1.54) is 5.56 Å². The Hall–Kier alpha value is -1.97. The highest BCUT2D eigenvalue weighted by atomic mass is 16.5. The molecule has 2 unspecified atom stereocenters. The fourth-order valence-corrected chi connectivity index (χ4v) is 4.17. The molecule has 0 amide bonds. The third kappa shape index (κ3) is 6.29. The summed E-state index contributed by atoms with van der Waals surface area (Å²) in [6, 6.07) is 21.0. The van der Waals surface area contributed by atoms with Gasteiger partial charge < -0.3 is 10.1 Å². The van der Waals surface area contributed by atoms with Crippen molar-refractivity contribution in [2.24, 2.45) is 5.92 Å². The lowest BCUT2D eigenvalue weighted by molar-refractivity contribution is 0.00872. The summed E-state index contributed by atoms with van der Waals surface area (Å²) < 4.78 is 6.16. The minimum absolute atomic E-state index is 0.156. The molecule has 28 heavy (non-hydrogen) atoms. The van der Waals surface area contributed by atoms with Crippen molar-refractivity contribution in [3.8, 4) is 0 Å². The fraction of sp³-hybridized carbons (Fsp3) is 0.480. The first-order valence-electron chi connectivity index (χ1n) is 10.6. The molecule has 1 aliphatic rings. The highest BCUT2D eigenvalue weighted by molar-refractivity contribution is 5.97. The van der Waals surface area contributed by atoms with Crippen LogP contribution in [0.5, 0.6) is 0 Å². The van der Waals surface area contributed by atoms with E-state index in [1.54, 1.807) is 0 Å². The Kier molecular flexibility index (Phi) is 7.81. The summed E-state index contributed by atoms with van der Waals surface area (Å²) >= 11 is 0. The van der Waals surface area contributed by atoms with Crippen molar-refractivity contribution in [2.45, 2.75) is 64.1 Å². The Morgan fingerprint density at radius 2 is 1.54 bits per heavy atom. The van der Waals surface area contributed by atoms with Gasteiger partial charge in [0.25, 0.3) is 0 Å². The van der Waals surface area contributed by atoms with Crippen LogP contribution in [-0.4, -0.2) is 30.6 Å². The van der Waals surface area contributed by atoms with E-state index in [0.29, 0.717) is 17.9 Å². The number of benzene rings is 2. The number of rotatable bonds is 9. The number of carbonyl (C=O) groups excluding carboxylic acids is 1. The van der Waals surface area contributed by atoms with E-state index >= 15 is 0 Å². The van der Waals surface area contributed by atoms with Crippen LogP contribution in [0.15, 0.2) is 60.7 Å². The molecular weight excluding hydrogens is 346 g/mol. The highest BCUT2D eigenvalue weighted by Crippen LogP contribution is 2.29. The number of carbonyl (C=O) groups is 1. The lowest BCUT2D eigenvalue weighted by atomic mass is 9.82. The molecule has 0 spiro atoms. The number of Topliss-reactive ketones (excluding diaryl/α,β-unsaturated/α-hetero) is 1. The Balaban J connectivity index is 1.35. The van der Waals surface area contributed by atoms with Gasteiger partial charge in [0.15, 0.2) is 5.78 Å². The zero-order chi connectivity index (χ0) is 19.8. The van der Waals surface area contributed by atoms with Gasteiger partial charge in [-0.2, -0.15) is 0 Å². The van der Waals surface area contributed by atoms with Crippen LogP contribution in [0.2, 0.25) is 0 Å². The highest BCUT2D eigenvalue weighted by Gasteiger charge is 2.27. The molecule has 0 radical (unpaired) electrons. The van der Waals surface area contributed by atoms with Crippen LogP contribution in [0, 0.1) is 5.92 Å². The number of nitrogens with one attached hydrogen (secondary N) is 1. The van der Waals surface area contributed by atoms with Gasteiger partial charge in [-0.15, -0.1) is 0 Å². The lowest BCUT2D eigenvalue weighted by Gasteiger charge is -2.29. The third-order valence-electron chi connectivity index (χ3n) is 5.64. The first kappa shape index (κ1) is 20.8. The van der Waals surface area contributed by atoms with Crippen LogP contribution in [0.4, 0.5) is 0 Å². The van der Waals surface area contributed by atoms with Crippen LogP contribution in [-0.2, 0) is 11.2 Å². The van der Waals surface area contributed by atoms with Gasteiger partial charge in [0.05, 0.1) is 12.7 Å². The minimum atomic E-state index is 0.156. The molecule has 3 heteroatoms. The zero-order valence-corrected chi connectivity index (χ0v) is 17.1. The van der Waals surface area contributed by atoms with E-state index in [1.807, 2.05) is 30.3 Å². The van der Waals surface area contributed by atoms with E-state index in [2.05, 4.69) is 49.5 Å². The summed E-state index contributed by atoms with van der Waals surface area (Å²) in [6.45, 7) is 5.14. The van der Waals surface area contributed by atoms with E-state index in [0.717, 1.165) is 44.3 Å². The largest absolute Gasteiger partial charge is 0.377 e. The average Bonchev–Trinajstić information content (AvgIpc) is 2.73. The third-order valence-corrected chi connectivity index (χ3v) is 5.64. The smallest absolute Gasteiger partial charge is 0.165 e. The van der Waals surface area contributed by atoms with Crippen LogP contribution < -0.4 is 5.32 Å². The van der Waals surface area contributed by atoms with Gasteiger partial charge >= 0.3 is 0 Å². The van der Waals surface area contributed by atoms with Crippen molar-refractivity contribution in [3.63, 3.8) is 0 Å². The SMILES string of the molecule is CC(COC1CCC(C(=O)c2ccccc2)CC1)NC(C)Cc1ccccc1. The first-order chi connectivity index (χ1) is 13.6. The molecule has 0 bridgehead atoms. The van der Waals surface area contributed by atoms with Crippen molar-refractivity contribution in [1.82, 2.24) is 5.32 Å². The molecule has 2 aromatic carbocycles. The van der Waals surface area contributed by atoms with Gasteiger partial charge in [-0.25, -0.2) is 0 Å². The van der Waals surface area contributed by atoms with Gasteiger partial charge in [0.1, 0.15) is 0 Å². The van der Waals surface area contributed by atoms with Gasteiger partial charge in [0, 0.05) is 23.6 Å². The van der Waals surface area contributed by atoms with Crippen molar-refractivity contribution in [2.75, 3.05) is 6.61 Å². The number of hydrogen-bond acceptors (Lipinski definition) is 3. The minimum Gasteiger partial charge on any atom is -0.377 e. The molecule has 150 valence electrons. The molecule has 2 aromatic rings. The van der Waals surface area contributed by atoms with Crippen molar-refractivity contribution in [1.29, 1.82) is 0 Å². The molecule has 1 aliphatic carbocycles. The molecular formula is C25H33NO2. The Bertz CT molecular complexity index is 708. The summed E-state index contributed by atoms with van der Waals surface area (Å²) in [4.78, 5) is 12.6. The van der Waals surface area contributed by atoms with Gasteiger partial charge in [0.2, 0.25) is 0 Å². The maximum Gasteiger partial charge on any atom is 0.165 e. The molecule has 0 heterocycles. The fourth-order valence-electron chi connectivity index (χ4n) is 4.17. The molecule has 3 nitrogen and oxygen atoms in total. The summed E-state index contributed by atoms with van der Waals surface area (Å²) in [7, 11) is 0. The van der Waals surface area contributed by atoms with E-state index in [-0.39, 0.29) is 12.0 Å². The number of ketones is 1. The van der Waals surface area contributed by atoms with Crippen molar-refractivity contribution < 1.29 is 9.53 Å². The van der Waals surface area contributed by atoms with Crippen LogP contribution in [0.1, 0.15) is 55.5 Å². The van der Waals surface area contributed by atoms with Gasteiger partial charge in [-0.05, 0) is 51.5 Å². The van der Waals surface area contributed by atoms with Crippen molar-refractivity contribution in [3.05, 3.63) is 71.8 Å². The van der Waals surface area contributed by atoms with Gasteiger partial charge in [-0.1, -0.05) is 60.7 Å². The molecule has 1 fully saturated rings. The second-order valence-corrected chi connectivity index (χ2v) is 8.20. The zero-order valence-electron chi connectivity index (χ0n) is 17.1. The standard InChI is InChI=1S/C25H33NO2/c1-19(17-21-9-5-3-6-10-21)26-20(2)18-28-24-15-13-23(14-16-24)25(27)22-11-7-4-8-12-22/h3-12,19-20,23-24,26H,13-18H2,1-2H3. The van der Waals surface area contributed by atoms with E-state index < -0.39 is 0 Å². The van der Waals surface area contributed by atoms with E-state index in [9.17, 15) is 4.79 Å². The van der Waals surface area contributed by atoms with E-state index in [4.69, 9.17) is 4.74 Å². The molecule has 1 N–H and O–H groups in total. The molecule has 2 atom stereocenters.